The van der Waals surface area contributed by atoms with Crippen LogP contribution in [0.1, 0.15) is 11.4 Å². The number of aromatic nitrogens is 2. The Bertz CT molecular complexity index is 801. The summed E-state index contributed by atoms with van der Waals surface area (Å²) in [6.45, 7) is 0.816. The van der Waals surface area contributed by atoms with Crippen LogP contribution < -0.4 is 5.32 Å². The minimum atomic E-state index is -0.181. The zero-order chi connectivity index (χ0) is 18.2. The molecule has 26 heavy (non-hydrogen) atoms. The maximum atomic E-state index is 12.9. The predicted molar refractivity (Wildman–Crippen MR) is 105 cm³/mol. The number of anilines is 1. The number of hydrogen-bond acceptors (Lipinski definition) is 4. The number of carbonyl (C=O) groups excluding carboxylic acids is 1. The summed E-state index contributed by atoms with van der Waals surface area (Å²) in [6.07, 6.45) is 5.47. The lowest BCUT2D eigenvalue weighted by Crippen LogP contribution is -2.34. The van der Waals surface area contributed by atoms with Crippen molar-refractivity contribution < 1.29 is 4.79 Å². The van der Waals surface area contributed by atoms with Crippen molar-refractivity contribution in [3.63, 3.8) is 0 Å². The molecule has 0 aliphatic rings. The highest BCUT2D eigenvalue weighted by Crippen LogP contribution is 2.19. The van der Waals surface area contributed by atoms with Crippen molar-refractivity contribution >= 4 is 23.5 Å². The Morgan fingerprint density at radius 3 is 2.15 bits per heavy atom. The van der Waals surface area contributed by atoms with Gasteiger partial charge in [-0.25, -0.2) is 4.79 Å². The molecule has 0 fully saturated rings. The maximum Gasteiger partial charge on any atom is 0.322 e. The molecule has 2 aromatic heterocycles. The van der Waals surface area contributed by atoms with Crippen LogP contribution in [0.4, 0.5) is 10.5 Å². The molecule has 0 spiro atoms. The first-order valence-electron chi connectivity index (χ1n) is 8.24. The van der Waals surface area contributed by atoms with E-state index < -0.39 is 0 Å². The predicted octanol–water partition coefficient (Wildman–Crippen LogP) is 4.43. The summed E-state index contributed by atoms with van der Waals surface area (Å²) in [7, 11) is 0. The molecule has 3 rings (SSSR count). The Labute approximate surface area is 157 Å². The minimum absolute atomic E-state index is 0.181. The van der Waals surface area contributed by atoms with E-state index in [1.165, 1.54) is 0 Å². The van der Waals surface area contributed by atoms with Gasteiger partial charge in [0.25, 0.3) is 0 Å². The number of benzene rings is 1. The Balaban J connectivity index is 1.77. The lowest BCUT2D eigenvalue weighted by molar-refractivity contribution is 0.205. The van der Waals surface area contributed by atoms with Crippen LogP contribution in [0, 0.1) is 0 Å². The molecule has 0 radical (unpaired) electrons. The van der Waals surface area contributed by atoms with Gasteiger partial charge in [-0.1, -0.05) is 18.2 Å². The van der Waals surface area contributed by atoms with E-state index in [2.05, 4.69) is 15.3 Å². The molecule has 0 aliphatic carbocycles. The standard InChI is InChI=1S/C20H20N4OS/c1-26-19-10-6-9-16(13-19)23-20(25)24(14-17-7-2-4-11-21-17)15-18-8-3-5-12-22-18/h2-13H,14-15H2,1H3,(H,23,25). The highest BCUT2D eigenvalue weighted by molar-refractivity contribution is 7.98. The Morgan fingerprint density at radius 2 is 1.62 bits per heavy atom. The third-order valence-corrected chi connectivity index (χ3v) is 4.49. The van der Waals surface area contributed by atoms with Crippen LogP contribution in [0.2, 0.25) is 0 Å². The average Bonchev–Trinajstić information content (AvgIpc) is 2.69. The molecule has 0 bridgehead atoms. The fraction of sp³-hybridized carbons (Fsp3) is 0.150. The Morgan fingerprint density at radius 1 is 0.962 bits per heavy atom. The molecule has 1 N–H and O–H groups in total. The van der Waals surface area contributed by atoms with Crippen molar-refractivity contribution in [2.75, 3.05) is 11.6 Å². The fourth-order valence-electron chi connectivity index (χ4n) is 2.48. The van der Waals surface area contributed by atoms with Crippen molar-refractivity contribution in [2.45, 2.75) is 18.0 Å². The number of nitrogens with zero attached hydrogens (tertiary/aromatic N) is 3. The van der Waals surface area contributed by atoms with E-state index in [9.17, 15) is 4.79 Å². The second-order valence-corrected chi connectivity index (χ2v) is 6.54. The van der Waals surface area contributed by atoms with Gasteiger partial charge in [-0.2, -0.15) is 0 Å². The molecular formula is C20H20N4OS. The van der Waals surface area contributed by atoms with Gasteiger partial charge >= 0.3 is 6.03 Å². The number of carbonyl (C=O) groups is 1. The molecule has 0 atom stereocenters. The first-order chi connectivity index (χ1) is 12.7. The number of thioether (sulfide) groups is 1. The second-order valence-electron chi connectivity index (χ2n) is 5.66. The summed E-state index contributed by atoms with van der Waals surface area (Å²) < 4.78 is 0. The van der Waals surface area contributed by atoms with Crippen LogP contribution in [0.5, 0.6) is 0 Å². The van der Waals surface area contributed by atoms with Gasteiger partial charge in [0.2, 0.25) is 0 Å². The van der Waals surface area contributed by atoms with E-state index in [4.69, 9.17) is 0 Å². The lowest BCUT2D eigenvalue weighted by atomic mass is 10.3. The van der Waals surface area contributed by atoms with E-state index >= 15 is 0 Å². The van der Waals surface area contributed by atoms with Crippen molar-refractivity contribution in [3.8, 4) is 0 Å². The number of nitrogens with one attached hydrogen (secondary N) is 1. The van der Waals surface area contributed by atoms with Gasteiger partial charge in [-0.05, 0) is 48.7 Å². The summed E-state index contributed by atoms with van der Waals surface area (Å²) in [6, 6.07) is 19.0. The Hall–Kier alpha value is -2.86. The van der Waals surface area contributed by atoms with Crippen LogP contribution in [-0.2, 0) is 13.1 Å². The molecule has 0 saturated heterocycles. The van der Waals surface area contributed by atoms with Gasteiger partial charge in [0.15, 0.2) is 0 Å². The van der Waals surface area contributed by atoms with Gasteiger partial charge in [0, 0.05) is 23.0 Å². The van der Waals surface area contributed by atoms with E-state index in [1.807, 2.05) is 66.9 Å². The van der Waals surface area contributed by atoms with E-state index in [0.29, 0.717) is 13.1 Å². The monoisotopic (exact) mass is 364 g/mol. The largest absolute Gasteiger partial charge is 0.322 e. The first kappa shape index (κ1) is 17.9. The first-order valence-corrected chi connectivity index (χ1v) is 9.47. The molecule has 132 valence electrons. The highest BCUT2D eigenvalue weighted by atomic mass is 32.2. The van der Waals surface area contributed by atoms with Gasteiger partial charge in [0.05, 0.1) is 24.5 Å². The van der Waals surface area contributed by atoms with Crippen molar-refractivity contribution in [3.05, 3.63) is 84.4 Å². The molecule has 5 nitrogen and oxygen atoms in total. The summed E-state index contributed by atoms with van der Waals surface area (Å²) in [4.78, 5) is 24.3. The van der Waals surface area contributed by atoms with E-state index in [0.717, 1.165) is 22.0 Å². The number of pyridine rings is 2. The van der Waals surface area contributed by atoms with E-state index in [-0.39, 0.29) is 6.03 Å². The molecular weight excluding hydrogens is 344 g/mol. The zero-order valence-corrected chi connectivity index (χ0v) is 15.3. The average molecular weight is 364 g/mol. The third kappa shape index (κ3) is 5.07. The molecule has 3 aromatic rings. The van der Waals surface area contributed by atoms with E-state index in [1.54, 1.807) is 29.1 Å². The van der Waals surface area contributed by atoms with Gasteiger partial charge in [-0.3, -0.25) is 9.97 Å². The molecule has 6 heteroatoms. The number of hydrogen-bond donors (Lipinski definition) is 1. The lowest BCUT2D eigenvalue weighted by Gasteiger charge is -2.22. The van der Waals surface area contributed by atoms with Crippen LogP contribution in [0.15, 0.2) is 78.0 Å². The molecule has 2 heterocycles. The molecule has 0 aliphatic heterocycles. The van der Waals surface area contributed by atoms with Gasteiger partial charge in [-0.15, -0.1) is 11.8 Å². The summed E-state index contributed by atoms with van der Waals surface area (Å²) >= 11 is 1.64. The number of amides is 2. The maximum absolute atomic E-state index is 12.9. The number of urea groups is 1. The third-order valence-electron chi connectivity index (χ3n) is 3.77. The van der Waals surface area contributed by atoms with Crippen LogP contribution >= 0.6 is 11.8 Å². The smallest absolute Gasteiger partial charge is 0.313 e. The van der Waals surface area contributed by atoms with Crippen LogP contribution in [-0.4, -0.2) is 27.2 Å². The van der Waals surface area contributed by atoms with Crippen molar-refractivity contribution in [1.82, 2.24) is 14.9 Å². The summed E-state index contributed by atoms with van der Waals surface area (Å²) in [5.74, 6) is 0. The minimum Gasteiger partial charge on any atom is -0.313 e. The second kappa shape index (κ2) is 9.01. The SMILES string of the molecule is CSc1cccc(NC(=O)N(Cc2ccccn2)Cc2ccccn2)c1. The normalized spacial score (nSPS) is 10.3. The quantitative estimate of drug-likeness (QED) is 0.657. The molecule has 0 unspecified atom stereocenters. The molecule has 1 aromatic carbocycles. The Kier molecular flexibility index (Phi) is 6.22. The van der Waals surface area contributed by atoms with Crippen molar-refractivity contribution in [2.24, 2.45) is 0 Å². The van der Waals surface area contributed by atoms with Crippen LogP contribution in [0.3, 0.4) is 0 Å². The fourth-order valence-corrected chi connectivity index (χ4v) is 2.94. The van der Waals surface area contributed by atoms with Crippen LogP contribution in [0.25, 0.3) is 0 Å². The molecule has 2 amide bonds. The highest BCUT2D eigenvalue weighted by Gasteiger charge is 2.16. The van der Waals surface area contributed by atoms with Gasteiger partial charge < -0.3 is 10.2 Å². The topological polar surface area (TPSA) is 58.1 Å². The van der Waals surface area contributed by atoms with Crippen molar-refractivity contribution in [1.29, 1.82) is 0 Å². The van der Waals surface area contributed by atoms with Gasteiger partial charge in [0.1, 0.15) is 0 Å². The zero-order valence-electron chi connectivity index (χ0n) is 14.5. The number of rotatable bonds is 6. The summed E-state index contributed by atoms with van der Waals surface area (Å²) in [5.41, 5.74) is 2.43. The summed E-state index contributed by atoms with van der Waals surface area (Å²) in [5, 5.41) is 2.98. The molecule has 0 saturated carbocycles.